The molecule has 2 heterocycles. The summed E-state index contributed by atoms with van der Waals surface area (Å²) < 4.78 is 28.6. The van der Waals surface area contributed by atoms with Crippen molar-refractivity contribution in [3.8, 4) is 5.75 Å². The van der Waals surface area contributed by atoms with Gasteiger partial charge in [0.1, 0.15) is 11.8 Å². The maximum atomic E-state index is 12.5. The lowest BCUT2D eigenvalue weighted by molar-refractivity contribution is -0.119. The number of alkyl halides is 2. The van der Waals surface area contributed by atoms with Crippen molar-refractivity contribution in [1.82, 2.24) is 4.90 Å². The van der Waals surface area contributed by atoms with Gasteiger partial charge in [0.2, 0.25) is 5.91 Å². The zero-order chi connectivity index (χ0) is 17.8. The molecule has 0 radical (unpaired) electrons. The molecule has 1 aliphatic heterocycles. The summed E-state index contributed by atoms with van der Waals surface area (Å²) in [6.45, 7) is -2.36. The van der Waals surface area contributed by atoms with Crippen molar-refractivity contribution in [3.63, 3.8) is 0 Å². The molecule has 1 aromatic carbocycles. The predicted molar refractivity (Wildman–Crippen MR) is 90.1 cm³/mol. The number of rotatable bonds is 5. The summed E-state index contributed by atoms with van der Waals surface area (Å²) in [7, 11) is 0. The van der Waals surface area contributed by atoms with Gasteiger partial charge in [0.25, 0.3) is 5.91 Å². The molecule has 8 heteroatoms. The molecule has 0 unspecified atom stereocenters. The van der Waals surface area contributed by atoms with Crippen molar-refractivity contribution >= 4 is 28.8 Å². The maximum absolute atomic E-state index is 12.5. The maximum Gasteiger partial charge on any atom is 0.387 e. The third-order valence-electron chi connectivity index (χ3n) is 3.90. The minimum absolute atomic E-state index is 0.0170. The summed E-state index contributed by atoms with van der Waals surface area (Å²) in [5.74, 6) is -0.415. The van der Waals surface area contributed by atoms with Crippen LogP contribution in [0.1, 0.15) is 22.5 Å². The molecule has 2 aromatic rings. The Morgan fingerprint density at radius 3 is 2.64 bits per heavy atom. The second-order valence-corrected chi connectivity index (χ2v) is 6.47. The number of amides is 2. The van der Waals surface area contributed by atoms with E-state index in [-0.39, 0.29) is 17.6 Å². The Morgan fingerprint density at radius 2 is 2.00 bits per heavy atom. The van der Waals surface area contributed by atoms with Gasteiger partial charge in [-0.1, -0.05) is 6.07 Å². The molecule has 1 aliphatic rings. The molecule has 3 rings (SSSR count). The Bertz CT molecular complexity index is 735. The van der Waals surface area contributed by atoms with Gasteiger partial charge in [-0.2, -0.15) is 8.78 Å². The van der Waals surface area contributed by atoms with Crippen LogP contribution in [0.15, 0.2) is 41.8 Å². The molecule has 1 fully saturated rings. The zero-order valence-electron chi connectivity index (χ0n) is 13.2. The number of carbonyl (C=O) groups is 2. The van der Waals surface area contributed by atoms with Crippen molar-refractivity contribution in [1.29, 1.82) is 0 Å². The molecule has 1 aromatic heterocycles. The van der Waals surface area contributed by atoms with E-state index < -0.39 is 12.7 Å². The first-order valence-electron chi connectivity index (χ1n) is 7.75. The van der Waals surface area contributed by atoms with Crippen LogP contribution < -0.4 is 10.1 Å². The number of halogens is 2. The highest BCUT2D eigenvalue weighted by atomic mass is 32.1. The van der Waals surface area contributed by atoms with Crippen molar-refractivity contribution in [2.45, 2.75) is 25.5 Å². The van der Waals surface area contributed by atoms with Gasteiger partial charge in [-0.3, -0.25) is 9.59 Å². The van der Waals surface area contributed by atoms with Crippen LogP contribution in [-0.4, -0.2) is 35.9 Å². The number of nitrogens with one attached hydrogen (secondary N) is 1. The molecule has 25 heavy (non-hydrogen) atoms. The topological polar surface area (TPSA) is 58.6 Å². The Labute approximate surface area is 147 Å². The van der Waals surface area contributed by atoms with Crippen LogP contribution in [0.4, 0.5) is 14.5 Å². The molecule has 132 valence electrons. The molecule has 0 aliphatic carbocycles. The number of anilines is 1. The molecule has 5 nitrogen and oxygen atoms in total. The zero-order valence-corrected chi connectivity index (χ0v) is 14.0. The lowest BCUT2D eigenvalue weighted by Gasteiger charge is -2.23. The van der Waals surface area contributed by atoms with Crippen LogP contribution in [0, 0.1) is 0 Å². The largest absolute Gasteiger partial charge is 0.435 e. The standard InChI is InChI=1S/C17H16F2N2O3S/c18-17(19)24-12-7-5-11(6-8-12)20-15(22)13-3-1-9-21(13)16(23)14-4-2-10-25-14/h2,4-8,10,13,17H,1,3,9H2,(H,20,22)/t13-/m0/s1. The second kappa shape index (κ2) is 7.60. The quantitative estimate of drug-likeness (QED) is 0.880. The minimum Gasteiger partial charge on any atom is -0.435 e. The third-order valence-corrected chi connectivity index (χ3v) is 4.75. The van der Waals surface area contributed by atoms with Gasteiger partial charge in [-0.25, -0.2) is 0 Å². The van der Waals surface area contributed by atoms with E-state index in [2.05, 4.69) is 10.1 Å². The molecule has 1 atom stereocenters. The number of hydrogen-bond acceptors (Lipinski definition) is 4. The summed E-state index contributed by atoms with van der Waals surface area (Å²) in [6, 6.07) is 8.67. The van der Waals surface area contributed by atoms with Gasteiger partial charge in [-0.15, -0.1) is 11.3 Å². The lowest BCUT2D eigenvalue weighted by Crippen LogP contribution is -2.42. The van der Waals surface area contributed by atoms with E-state index in [1.54, 1.807) is 17.0 Å². The van der Waals surface area contributed by atoms with Gasteiger partial charge in [-0.05, 0) is 48.6 Å². The Kier molecular flexibility index (Phi) is 5.28. The first-order valence-corrected chi connectivity index (χ1v) is 8.63. The fourth-order valence-electron chi connectivity index (χ4n) is 2.77. The first-order chi connectivity index (χ1) is 12.0. The van der Waals surface area contributed by atoms with E-state index in [1.807, 2.05) is 5.38 Å². The highest BCUT2D eigenvalue weighted by Crippen LogP contribution is 2.24. The minimum atomic E-state index is -2.89. The molecular weight excluding hydrogens is 350 g/mol. The van der Waals surface area contributed by atoms with Crippen LogP contribution >= 0.6 is 11.3 Å². The summed E-state index contributed by atoms with van der Waals surface area (Å²) in [4.78, 5) is 27.2. The van der Waals surface area contributed by atoms with Crippen LogP contribution in [-0.2, 0) is 4.79 Å². The highest BCUT2D eigenvalue weighted by Gasteiger charge is 2.34. The number of thiophene rings is 1. The highest BCUT2D eigenvalue weighted by molar-refractivity contribution is 7.12. The lowest BCUT2D eigenvalue weighted by atomic mass is 10.2. The molecular formula is C17H16F2N2O3S. The second-order valence-electron chi connectivity index (χ2n) is 5.53. The number of carbonyl (C=O) groups excluding carboxylic acids is 2. The average molecular weight is 366 g/mol. The Balaban J connectivity index is 1.64. The first kappa shape index (κ1) is 17.3. The predicted octanol–water partition coefficient (Wildman–Crippen LogP) is 3.59. The van der Waals surface area contributed by atoms with E-state index in [9.17, 15) is 18.4 Å². The van der Waals surface area contributed by atoms with Crippen molar-refractivity contribution in [3.05, 3.63) is 46.7 Å². The van der Waals surface area contributed by atoms with E-state index in [0.717, 1.165) is 6.42 Å². The van der Waals surface area contributed by atoms with Crippen molar-refractivity contribution < 1.29 is 23.1 Å². The van der Waals surface area contributed by atoms with E-state index >= 15 is 0 Å². The Morgan fingerprint density at radius 1 is 1.24 bits per heavy atom. The van der Waals surface area contributed by atoms with E-state index in [0.29, 0.717) is 23.5 Å². The van der Waals surface area contributed by atoms with Gasteiger partial charge >= 0.3 is 6.61 Å². The fourth-order valence-corrected chi connectivity index (χ4v) is 3.45. The number of nitrogens with zero attached hydrogens (tertiary/aromatic N) is 1. The van der Waals surface area contributed by atoms with Crippen molar-refractivity contribution in [2.24, 2.45) is 0 Å². The number of ether oxygens (including phenoxy) is 1. The molecule has 0 spiro atoms. The van der Waals surface area contributed by atoms with Crippen LogP contribution in [0.3, 0.4) is 0 Å². The van der Waals surface area contributed by atoms with Gasteiger partial charge in [0, 0.05) is 12.2 Å². The summed E-state index contributed by atoms with van der Waals surface area (Å²) in [5.41, 5.74) is 0.460. The summed E-state index contributed by atoms with van der Waals surface area (Å²) in [5, 5.41) is 4.54. The summed E-state index contributed by atoms with van der Waals surface area (Å²) in [6.07, 6.45) is 1.35. The number of likely N-dealkylation sites (tertiary alicyclic amines) is 1. The van der Waals surface area contributed by atoms with Crippen LogP contribution in [0.2, 0.25) is 0 Å². The van der Waals surface area contributed by atoms with Crippen LogP contribution in [0.25, 0.3) is 0 Å². The van der Waals surface area contributed by atoms with E-state index in [4.69, 9.17) is 0 Å². The van der Waals surface area contributed by atoms with Gasteiger partial charge in [0.05, 0.1) is 4.88 Å². The number of benzene rings is 1. The molecule has 1 saturated heterocycles. The molecule has 1 N–H and O–H groups in total. The SMILES string of the molecule is O=C(Nc1ccc(OC(F)F)cc1)[C@@H]1CCCN1C(=O)c1cccs1. The van der Waals surface area contributed by atoms with Gasteiger partial charge < -0.3 is 15.0 Å². The van der Waals surface area contributed by atoms with Crippen LogP contribution in [0.5, 0.6) is 5.75 Å². The average Bonchev–Trinajstić information content (AvgIpc) is 3.27. The normalized spacial score (nSPS) is 16.9. The molecule has 0 bridgehead atoms. The monoisotopic (exact) mass is 366 g/mol. The molecule has 0 saturated carbocycles. The molecule has 2 amide bonds. The van der Waals surface area contributed by atoms with E-state index in [1.165, 1.54) is 35.6 Å². The number of hydrogen-bond donors (Lipinski definition) is 1. The summed E-state index contributed by atoms with van der Waals surface area (Å²) >= 11 is 1.34. The third kappa shape index (κ3) is 4.14. The Hall–Kier alpha value is -2.48. The fraction of sp³-hybridized carbons (Fsp3) is 0.294. The van der Waals surface area contributed by atoms with Gasteiger partial charge in [0.15, 0.2) is 0 Å². The smallest absolute Gasteiger partial charge is 0.387 e. The van der Waals surface area contributed by atoms with Crippen molar-refractivity contribution in [2.75, 3.05) is 11.9 Å².